The quantitative estimate of drug-likeness (QED) is 0.158. The molecule has 0 radical (unpaired) electrons. The van der Waals surface area contributed by atoms with Crippen LogP contribution in [0.1, 0.15) is 26.3 Å². The zero-order valence-electron chi connectivity index (χ0n) is 21.1. The number of ether oxygens (including phenoxy) is 3. The molecular weight excluding hydrogens is 504 g/mol. The molecule has 0 spiro atoms. The number of carbonyl (C=O) groups excluding carboxylic acids is 4. The summed E-state index contributed by atoms with van der Waals surface area (Å²) >= 11 is 0. The second kappa shape index (κ2) is 13.0. The zero-order chi connectivity index (χ0) is 27.6. The first kappa shape index (κ1) is 27.0. The minimum absolute atomic E-state index is 0.220. The van der Waals surface area contributed by atoms with Crippen LogP contribution in [0.5, 0.6) is 11.5 Å². The number of nitrogens with zero attached hydrogens (tertiary/aromatic N) is 2. The molecule has 1 heterocycles. The predicted molar refractivity (Wildman–Crippen MR) is 142 cm³/mol. The van der Waals surface area contributed by atoms with Gasteiger partial charge in [0.1, 0.15) is 11.5 Å². The Morgan fingerprint density at radius 2 is 1.54 bits per heavy atom. The Morgan fingerprint density at radius 1 is 0.872 bits per heavy atom. The molecule has 3 aromatic rings. The van der Waals surface area contributed by atoms with Crippen molar-refractivity contribution in [1.82, 2.24) is 10.3 Å². The maximum absolute atomic E-state index is 12.8. The molecule has 0 aliphatic carbocycles. The maximum Gasteiger partial charge on any atom is 0.343 e. The monoisotopic (exact) mass is 530 g/mol. The van der Waals surface area contributed by atoms with Gasteiger partial charge in [0.2, 0.25) is 0 Å². The van der Waals surface area contributed by atoms with Crippen molar-refractivity contribution in [3.63, 3.8) is 0 Å². The Labute approximate surface area is 224 Å². The summed E-state index contributed by atoms with van der Waals surface area (Å²) in [5, 5.41) is 6.26. The first-order valence-electron chi connectivity index (χ1n) is 12.0. The summed E-state index contributed by atoms with van der Waals surface area (Å²) < 4.78 is 15.7. The van der Waals surface area contributed by atoms with Crippen molar-refractivity contribution in [3.8, 4) is 11.5 Å². The van der Waals surface area contributed by atoms with Gasteiger partial charge in [-0.05, 0) is 66.2 Å². The van der Waals surface area contributed by atoms with Gasteiger partial charge in [-0.25, -0.2) is 10.2 Å². The SMILES string of the molecule is COc1ccc(C(=O)Oc2ccc(C=NNC(=O)C(=O)Nc3ccccc3C(=O)N3CCOCC3)cc2)cc1. The number of methoxy groups -OCH3 is 1. The highest BCUT2D eigenvalue weighted by atomic mass is 16.5. The Bertz CT molecular complexity index is 1370. The zero-order valence-corrected chi connectivity index (χ0v) is 21.1. The van der Waals surface area contributed by atoms with Crippen LogP contribution in [-0.2, 0) is 14.3 Å². The van der Waals surface area contributed by atoms with Crippen molar-refractivity contribution in [2.75, 3.05) is 38.7 Å². The van der Waals surface area contributed by atoms with Crippen molar-refractivity contribution in [2.24, 2.45) is 5.10 Å². The second-order valence-corrected chi connectivity index (χ2v) is 8.29. The minimum Gasteiger partial charge on any atom is -0.497 e. The van der Waals surface area contributed by atoms with E-state index < -0.39 is 17.8 Å². The lowest BCUT2D eigenvalue weighted by molar-refractivity contribution is -0.136. The van der Waals surface area contributed by atoms with Crippen molar-refractivity contribution in [2.45, 2.75) is 0 Å². The highest BCUT2D eigenvalue weighted by Gasteiger charge is 2.23. The Hall–Kier alpha value is -5.03. The predicted octanol–water partition coefficient (Wildman–Crippen LogP) is 2.48. The fourth-order valence-corrected chi connectivity index (χ4v) is 3.63. The summed E-state index contributed by atoms with van der Waals surface area (Å²) in [6, 6.07) is 19.4. The van der Waals surface area contributed by atoms with Crippen LogP contribution in [0.2, 0.25) is 0 Å². The number of amides is 3. The molecule has 0 saturated carbocycles. The molecule has 39 heavy (non-hydrogen) atoms. The molecule has 4 rings (SSSR count). The number of nitrogens with one attached hydrogen (secondary N) is 2. The molecule has 0 atom stereocenters. The van der Waals surface area contributed by atoms with E-state index in [4.69, 9.17) is 14.2 Å². The number of hydrazone groups is 1. The number of morpholine rings is 1. The molecule has 1 aliphatic rings. The van der Waals surface area contributed by atoms with Gasteiger partial charge in [0.15, 0.2) is 0 Å². The van der Waals surface area contributed by atoms with Crippen LogP contribution in [0.4, 0.5) is 5.69 Å². The van der Waals surface area contributed by atoms with E-state index in [0.29, 0.717) is 48.9 Å². The Morgan fingerprint density at radius 3 is 2.23 bits per heavy atom. The summed E-state index contributed by atoms with van der Waals surface area (Å²) in [7, 11) is 1.54. The molecular formula is C28H26N4O7. The first-order chi connectivity index (χ1) is 18.9. The number of hydrogen-bond acceptors (Lipinski definition) is 8. The van der Waals surface area contributed by atoms with Crippen LogP contribution >= 0.6 is 0 Å². The lowest BCUT2D eigenvalue weighted by atomic mass is 10.1. The molecule has 2 N–H and O–H groups in total. The van der Waals surface area contributed by atoms with Crippen LogP contribution in [-0.4, -0.2) is 68.2 Å². The lowest BCUT2D eigenvalue weighted by Gasteiger charge is -2.27. The van der Waals surface area contributed by atoms with E-state index in [0.717, 1.165) is 0 Å². The highest BCUT2D eigenvalue weighted by Crippen LogP contribution is 2.19. The molecule has 3 amide bonds. The smallest absolute Gasteiger partial charge is 0.343 e. The second-order valence-electron chi connectivity index (χ2n) is 8.29. The number of para-hydroxylation sites is 1. The van der Waals surface area contributed by atoms with Gasteiger partial charge in [-0.3, -0.25) is 14.4 Å². The number of carbonyl (C=O) groups is 4. The normalized spacial score (nSPS) is 13.0. The topological polar surface area (TPSA) is 136 Å². The van der Waals surface area contributed by atoms with Gasteiger partial charge < -0.3 is 24.4 Å². The van der Waals surface area contributed by atoms with Gasteiger partial charge in [0.05, 0.1) is 43.4 Å². The van der Waals surface area contributed by atoms with Gasteiger partial charge in [0.25, 0.3) is 5.91 Å². The number of anilines is 1. The summed E-state index contributed by atoms with van der Waals surface area (Å²) in [6.07, 6.45) is 1.33. The minimum atomic E-state index is -1.01. The third kappa shape index (κ3) is 7.27. The summed E-state index contributed by atoms with van der Waals surface area (Å²) in [5.74, 6) is -1.82. The van der Waals surface area contributed by atoms with Crippen LogP contribution < -0.4 is 20.2 Å². The van der Waals surface area contributed by atoms with E-state index >= 15 is 0 Å². The van der Waals surface area contributed by atoms with Crippen molar-refractivity contribution < 1.29 is 33.4 Å². The maximum atomic E-state index is 12.8. The average molecular weight is 531 g/mol. The molecule has 1 saturated heterocycles. The van der Waals surface area contributed by atoms with E-state index in [9.17, 15) is 19.2 Å². The number of hydrogen-bond donors (Lipinski definition) is 2. The molecule has 11 nitrogen and oxygen atoms in total. The van der Waals surface area contributed by atoms with Gasteiger partial charge >= 0.3 is 17.8 Å². The van der Waals surface area contributed by atoms with Crippen LogP contribution in [0.3, 0.4) is 0 Å². The van der Waals surface area contributed by atoms with Crippen molar-refractivity contribution in [3.05, 3.63) is 89.5 Å². The summed E-state index contributed by atoms with van der Waals surface area (Å²) in [4.78, 5) is 51.4. The van der Waals surface area contributed by atoms with Crippen molar-refractivity contribution >= 4 is 35.6 Å². The Kier molecular flexibility index (Phi) is 8.99. The van der Waals surface area contributed by atoms with Crippen molar-refractivity contribution in [1.29, 1.82) is 0 Å². The number of esters is 1. The fraction of sp³-hybridized carbons (Fsp3) is 0.179. The fourth-order valence-electron chi connectivity index (χ4n) is 3.63. The van der Waals surface area contributed by atoms with E-state index in [1.807, 2.05) is 0 Å². The lowest BCUT2D eigenvalue weighted by Crippen LogP contribution is -2.41. The largest absolute Gasteiger partial charge is 0.497 e. The number of rotatable bonds is 7. The molecule has 200 valence electrons. The van der Waals surface area contributed by atoms with Crippen LogP contribution in [0.15, 0.2) is 77.9 Å². The van der Waals surface area contributed by atoms with Gasteiger partial charge in [-0.2, -0.15) is 5.10 Å². The molecule has 1 fully saturated rings. The summed E-state index contributed by atoms with van der Waals surface area (Å²) in [5.41, 5.74) is 3.60. The summed E-state index contributed by atoms with van der Waals surface area (Å²) in [6.45, 7) is 1.78. The van der Waals surface area contributed by atoms with E-state index in [2.05, 4.69) is 15.8 Å². The molecule has 11 heteroatoms. The van der Waals surface area contributed by atoms with Gasteiger partial charge in [-0.15, -0.1) is 0 Å². The third-order valence-corrected chi connectivity index (χ3v) is 5.71. The first-order valence-corrected chi connectivity index (χ1v) is 12.0. The molecule has 0 bridgehead atoms. The standard InChI is InChI=1S/C28H26N4O7/c1-37-21-12-8-20(9-13-21)28(36)39-22-10-6-19(7-11-22)18-29-31-26(34)25(33)30-24-5-3-2-4-23(24)27(35)32-14-16-38-17-15-32/h2-13,18H,14-17H2,1H3,(H,30,33)(H,31,34). The van der Waals surface area contributed by atoms with Gasteiger partial charge in [-0.1, -0.05) is 12.1 Å². The van der Waals surface area contributed by atoms with Crippen LogP contribution in [0, 0.1) is 0 Å². The number of benzene rings is 3. The third-order valence-electron chi connectivity index (χ3n) is 5.71. The highest BCUT2D eigenvalue weighted by molar-refractivity contribution is 6.40. The molecule has 0 aromatic heterocycles. The van der Waals surface area contributed by atoms with E-state index in [-0.39, 0.29) is 17.2 Å². The van der Waals surface area contributed by atoms with Crippen LogP contribution in [0.25, 0.3) is 0 Å². The molecule has 3 aromatic carbocycles. The van der Waals surface area contributed by atoms with E-state index in [1.165, 1.54) is 13.3 Å². The van der Waals surface area contributed by atoms with Gasteiger partial charge in [0, 0.05) is 13.1 Å². The molecule has 1 aliphatic heterocycles. The average Bonchev–Trinajstić information content (AvgIpc) is 2.98. The Balaban J connectivity index is 1.29. The van der Waals surface area contributed by atoms with E-state index in [1.54, 1.807) is 77.7 Å². The molecule has 0 unspecified atom stereocenters.